The van der Waals surface area contributed by atoms with Gasteiger partial charge in [0, 0.05) is 7.05 Å². The highest BCUT2D eigenvalue weighted by Gasteiger charge is 2.36. The number of rotatable bonds is 3. The number of anilines is 1. The molecule has 0 atom stereocenters. The van der Waals surface area contributed by atoms with Crippen LogP contribution in [0, 0.1) is 0 Å². The second kappa shape index (κ2) is 6.33. The van der Waals surface area contributed by atoms with Gasteiger partial charge in [0.25, 0.3) is 5.91 Å². The van der Waals surface area contributed by atoms with Crippen LogP contribution in [-0.4, -0.2) is 35.2 Å². The average molecular weight is 340 g/mol. The van der Waals surface area contributed by atoms with E-state index in [-0.39, 0.29) is 11.7 Å². The fraction of sp³-hybridized carbons (Fsp3) is 0.111. The van der Waals surface area contributed by atoms with Gasteiger partial charge in [0.2, 0.25) is 0 Å². The number of carbonyl (C=O) groups is 1. The highest BCUT2D eigenvalue weighted by atomic mass is 32.1. The van der Waals surface area contributed by atoms with Crippen LogP contribution in [0.5, 0.6) is 11.5 Å². The summed E-state index contributed by atoms with van der Waals surface area (Å²) in [4.78, 5) is 15.9. The van der Waals surface area contributed by atoms with Gasteiger partial charge in [-0.05, 0) is 48.1 Å². The molecule has 122 valence electrons. The number of hydrogen-bond donors (Lipinski definition) is 1. The molecule has 0 saturated carbocycles. The Kier molecular flexibility index (Phi) is 4.22. The smallest absolute Gasteiger partial charge is 0.281 e. The Morgan fingerprint density at radius 3 is 2.50 bits per heavy atom. The normalized spacial score (nSPS) is 16.2. The molecule has 1 heterocycles. The first-order chi connectivity index (χ1) is 11.5. The van der Waals surface area contributed by atoms with Crippen LogP contribution in [0.1, 0.15) is 5.56 Å². The zero-order chi connectivity index (χ0) is 17.3. The van der Waals surface area contributed by atoms with Crippen LogP contribution >= 0.6 is 12.2 Å². The number of methoxy groups -OCH3 is 1. The molecule has 1 aliphatic heterocycles. The monoisotopic (exact) mass is 340 g/mol. The van der Waals surface area contributed by atoms with Crippen LogP contribution < -0.4 is 9.64 Å². The lowest BCUT2D eigenvalue weighted by Gasteiger charge is -2.16. The molecule has 1 saturated heterocycles. The Balaban J connectivity index is 1.98. The van der Waals surface area contributed by atoms with Gasteiger partial charge < -0.3 is 14.7 Å². The Morgan fingerprint density at radius 1 is 1.17 bits per heavy atom. The van der Waals surface area contributed by atoms with E-state index in [1.807, 2.05) is 30.3 Å². The number of carbonyl (C=O) groups excluding carboxylic acids is 1. The molecule has 0 radical (unpaired) electrons. The van der Waals surface area contributed by atoms with Gasteiger partial charge in [-0.25, -0.2) is 0 Å². The molecule has 1 fully saturated rings. The van der Waals surface area contributed by atoms with Gasteiger partial charge in [0.05, 0.1) is 12.8 Å². The fourth-order valence-electron chi connectivity index (χ4n) is 2.52. The number of nitrogens with zero attached hydrogens (tertiary/aromatic N) is 2. The van der Waals surface area contributed by atoms with E-state index < -0.39 is 0 Å². The predicted octanol–water partition coefficient (Wildman–Crippen LogP) is 3.01. The van der Waals surface area contributed by atoms with Gasteiger partial charge in [0.1, 0.15) is 5.70 Å². The van der Waals surface area contributed by atoms with E-state index in [0.717, 1.165) is 5.69 Å². The zero-order valence-corrected chi connectivity index (χ0v) is 14.1. The van der Waals surface area contributed by atoms with Crippen molar-refractivity contribution in [2.75, 3.05) is 19.1 Å². The van der Waals surface area contributed by atoms with Crippen LogP contribution in [0.3, 0.4) is 0 Å². The van der Waals surface area contributed by atoms with Gasteiger partial charge in [-0.1, -0.05) is 24.3 Å². The lowest BCUT2D eigenvalue weighted by atomic mass is 10.1. The Morgan fingerprint density at radius 2 is 1.88 bits per heavy atom. The molecule has 2 aromatic carbocycles. The van der Waals surface area contributed by atoms with Gasteiger partial charge in [0.15, 0.2) is 16.6 Å². The number of hydrogen-bond acceptors (Lipinski definition) is 4. The molecule has 1 aliphatic rings. The van der Waals surface area contributed by atoms with Crippen molar-refractivity contribution in [3.05, 3.63) is 59.8 Å². The van der Waals surface area contributed by atoms with Crippen molar-refractivity contribution in [1.29, 1.82) is 0 Å². The lowest BCUT2D eigenvalue weighted by molar-refractivity contribution is -0.114. The molecule has 0 unspecified atom stereocenters. The summed E-state index contributed by atoms with van der Waals surface area (Å²) >= 11 is 5.40. The summed E-state index contributed by atoms with van der Waals surface area (Å²) < 4.78 is 5.03. The number of thiocarbonyl (C=S) groups is 1. The molecule has 1 N–H and O–H groups in total. The molecule has 3 rings (SSSR count). The number of amides is 1. The van der Waals surface area contributed by atoms with E-state index in [4.69, 9.17) is 17.0 Å². The first-order valence-electron chi connectivity index (χ1n) is 7.29. The van der Waals surface area contributed by atoms with Crippen LogP contribution in [-0.2, 0) is 4.79 Å². The molecule has 2 aromatic rings. The fourth-order valence-corrected chi connectivity index (χ4v) is 2.80. The van der Waals surface area contributed by atoms with Crippen molar-refractivity contribution < 1.29 is 14.6 Å². The topological polar surface area (TPSA) is 53.0 Å². The summed E-state index contributed by atoms with van der Waals surface area (Å²) in [5, 5.41) is 10.3. The first kappa shape index (κ1) is 16.0. The zero-order valence-electron chi connectivity index (χ0n) is 13.3. The first-order valence-corrected chi connectivity index (χ1v) is 7.69. The van der Waals surface area contributed by atoms with Crippen molar-refractivity contribution in [1.82, 2.24) is 4.90 Å². The van der Waals surface area contributed by atoms with E-state index in [1.54, 1.807) is 36.2 Å². The number of benzene rings is 2. The minimum absolute atomic E-state index is 0.0161. The van der Waals surface area contributed by atoms with Gasteiger partial charge in [-0.2, -0.15) is 0 Å². The summed E-state index contributed by atoms with van der Waals surface area (Å²) in [5.74, 6) is 0.191. The van der Waals surface area contributed by atoms with E-state index in [0.29, 0.717) is 22.1 Å². The molecular formula is C18H16N2O3S. The molecule has 1 amide bonds. The van der Waals surface area contributed by atoms with Crippen molar-refractivity contribution in [2.45, 2.75) is 0 Å². The summed E-state index contributed by atoms with van der Waals surface area (Å²) in [6.45, 7) is 0. The third-order valence-corrected chi connectivity index (χ3v) is 4.24. The Hall–Kier alpha value is -2.86. The molecule has 0 aromatic heterocycles. The van der Waals surface area contributed by atoms with E-state index in [9.17, 15) is 9.90 Å². The molecule has 5 nitrogen and oxygen atoms in total. The second-order valence-corrected chi connectivity index (χ2v) is 5.64. The number of aromatic hydroxyl groups is 1. The van der Waals surface area contributed by atoms with Gasteiger partial charge in [-0.3, -0.25) is 9.69 Å². The number of ether oxygens (including phenoxy) is 1. The Bertz CT molecular complexity index is 833. The van der Waals surface area contributed by atoms with Gasteiger partial charge >= 0.3 is 0 Å². The molecule has 0 bridgehead atoms. The number of para-hydroxylation sites is 1. The maximum absolute atomic E-state index is 12.8. The molecule has 0 spiro atoms. The highest BCUT2D eigenvalue weighted by Crippen LogP contribution is 2.30. The van der Waals surface area contributed by atoms with Crippen LogP contribution in [0.4, 0.5) is 5.69 Å². The van der Waals surface area contributed by atoms with Gasteiger partial charge in [-0.15, -0.1) is 0 Å². The van der Waals surface area contributed by atoms with E-state index >= 15 is 0 Å². The SMILES string of the molecule is COc1ccc(/C=C2/C(=O)N(c3ccccc3)C(=S)N2C)cc1O. The van der Waals surface area contributed by atoms with E-state index in [2.05, 4.69) is 0 Å². The van der Waals surface area contributed by atoms with Crippen molar-refractivity contribution >= 4 is 35.0 Å². The molecule has 24 heavy (non-hydrogen) atoms. The maximum atomic E-state index is 12.8. The molecule has 6 heteroatoms. The minimum Gasteiger partial charge on any atom is -0.504 e. The van der Waals surface area contributed by atoms with Crippen LogP contribution in [0.15, 0.2) is 54.2 Å². The lowest BCUT2D eigenvalue weighted by Crippen LogP contribution is -2.30. The van der Waals surface area contributed by atoms with Crippen molar-refractivity contribution in [3.63, 3.8) is 0 Å². The molecule has 0 aliphatic carbocycles. The maximum Gasteiger partial charge on any atom is 0.281 e. The Labute approximate surface area is 145 Å². The van der Waals surface area contributed by atoms with E-state index in [1.165, 1.54) is 12.0 Å². The highest BCUT2D eigenvalue weighted by molar-refractivity contribution is 7.80. The van der Waals surface area contributed by atoms with Crippen molar-refractivity contribution in [3.8, 4) is 11.5 Å². The number of phenolic OH excluding ortho intramolecular Hbond substituents is 1. The third kappa shape index (κ3) is 2.72. The van der Waals surface area contributed by atoms with Crippen LogP contribution in [0.25, 0.3) is 6.08 Å². The largest absolute Gasteiger partial charge is 0.504 e. The third-order valence-electron chi connectivity index (χ3n) is 3.78. The summed E-state index contributed by atoms with van der Waals surface area (Å²) in [7, 11) is 3.23. The number of likely N-dealkylation sites (N-methyl/N-ethyl adjacent to an activating group) is 1. The average Bonchev–Trinajstić information content (AvgIpc) is 2.79. The summed E-state index contributed by atoms with van der Waals surface area (Å²) in [5.41, 5.74) is 1.84. The van der Waals surface area contributed by atoms with Crippen LogP contribution in [0.2, 0.25) is 0 Å². The molecular weight excluding hydrogens is 324 g/mol. The standard InChI is InChI=1S/C18H16N2O3S/c1-19-14(10-12-8-9-16(23-2)15(21)11-12)17(22)20(18(19)24)13-6-4-3-5-7-13/h3-11,21H,1-2H3/b14-10-. The summed E-state index contributed by atoms with van der Waals surface area (Å²) in [6.07, 6.45) is 1.69. The quantitative estimate of drug-likeness (QED) is 0.688. The second-order valence-electron chi connectivity index (χ2n) is 5.28. The minimum atomic E-state index is -0.205. The predicted molar refractivity (Wildman–Crippen MR) is 96.9 cm³/mol. The van der Waals surface area contributed by atoms with Crippen molar-refractivity contribution in [2.24, 2.45) is 0 Å². The number of phenols is 1. The summed E-state index contributed by atoms with van der Waals surface area (Å²) in [6, 6.07) is 14.2.